The largest absolute Gasteiger partial charge is 0.465 e. The number of carboxylic acid groups (broad SMARTS) is 1. The van der Waals surface area contributed by atoms with Crippen LogP contribution in [0.4, 0.5) is 34.4 Å². The molecule has 164 valence electrons. The van der Waals surface area contributed by atoms with Crippen molar-refractivity contribution in [2.45, 2.75) is 36.3 Å². The van der Waals surface area contributed by atoms with E-state index in [0.29, 0.717) is 0 Å². The molecule has 0 aliphatic carbocycles. The Morgan fingerprint density at radius 1 is 1.19 bits per heavy atom. The molecule has 1 aliphatic rings. The monoisotopic (exact) mass is 455 g/mol. The second-order valence-corrected chi connectivity index (χ2v) is 8.05. The van der Waals surface area contributed by atoms with Gasteiger partial charge >= 0.3 is 17.6 Å². The third-order valence-corrected chi connectivity index (χ3v) is 5.14. The molecule has 2 aromatic rings. The van der Waals surface area contributed by atoms with Gasteiger partial charge in [0.1, 0.15) is 5.54 Å². The second-order valence-electron chi connectivity index (χ2n) is 6.91. The summed E-state index contributed by atoms with van der Waals surface area (Å²) >= 11 is -0.300. The van der Waals surface area contributed by atoms with Crippen LogP contribution < -0.4 is 10.2 Å². The minimum atomic E-state index is -4.45. The molecule has 3 rings (SSSR count). The van der Waals surface area contributed by atoms with Gasteiger partial charge in [-0.3, -0.25) is 10.1 Å². The van der Waals surface area contributed by atoms with Crippen LogP contribution in [0.2, 0.25) is 0 Å². The number of thioether (sulfide) groups is 1. The molecule has 13 heteroatoms. The Hall–Kier alpha value is -3.35. The van der Waals surface area contributed by atoms with Crippen molar-refractivity contribution in [3.8, 4) is 0 Å². The number of hydrogen-bond donors (Lipinski definition) is 2. The average Bonchev–Trinajstić information content (AvgIpc) is 2.81. The number of nitrogens with one attached hydrogen (secondary N) is 1. The fourth-order valence-corrected chi connectivity index (χ4v) is 3.47. The molecule has 0 radical (unpaired) electrons. The predicted octanol–water partition coefficient (Wildman–Crippen LogP) is 3.93. The van der Waals surface area contributed by atoms with Crippen LogP contribution in [-0.4, -0.2) is 49.1 Å². The lowest BCUT2D eigenvalue weighted by atomic mass is 10.0. The molecule has 0 atom stereocenters. The summed E-state index contributed by atoms with van der Waals surface area (Å²) in [6, 6.07) is 5.67. The van der Waals surface area contributed by atoms with Gasteiger partial charge in [-0.05, 0) is 55.9 Å². The van der Waals surface area contributed by atoms with Crippen LogP contribution in [0.15, 0.2) is 41.4 Å². The highest BCUT2D eigenvalue weighted by Crippen LogP contribution is 2.38. The van der Waals surface area contributed by atoms with E-state index in [9.17, 15) is 27.6 Å². The first-order valence-corrected chi connectivity index (χ1v) is 9.54. The van der Waals surface area contributed by atoms with E-state index in [2.05, 4.69) is 9.97 Å². The van der Waals surface area contributed by atoms with E-state index in [1.807, 2.05) is 5.32 Å². The molecule has 0 bridgehead atoms. The van der Waals surface area contributed by atoms with Crippen molar-refractivity contribution in [1.82, 2.24) is 14.9 Å². The number of halogens is 3. The van der Waals surface area contributed by atoms with E-state index in [0.717, 1.165) is 4.90 Å². The van der Waals surface area contributed by atoms with Crippen LogP contribution in [-0.2, 0) is 11.3 Å². The Labute approximate surface area is 178 Å². The van der Waals surface area contributed by atoms with Crippen molar-refractivity contribution < 1.29 is 32.7 Å². The van der Waals surface area contributed by atoms with Crippen LogP contribution in [0.25, 0.3) is 0 Å². The molecule has 0 spiro atoms. The number of imide groups is 1. The van der Waals surface area contributed by atoms with Gasteiger partial charge < -0.3 is 10.0 Å². The van der Waals surface area contributed by atoms with Crippen molar-refractivity contribution in [2.75, 3.05) is 10.2 Å². The summed E-state index contributed by atoms with van der Waals surface area (Å²) in [5.74, 6) is -0.748. The lowest BCUT2D eigenvalue weighted by molar-refractivity contribution is -0.123. The normalized spacial score (nSPS) is 16.0. The molecular weight excluding hydrogens is 439 g/mol. The zero-order chi connectivity index (χ0) is 23.0. The van der Waals surface area contributed by atoms with E-state index >= 15 is 0 Å². The molecule has 2 heterocycles. The summed E-state index contributed by atoms with van der Waals surface area (Å²) in [5.41, 5.74) is -5.31. The first kappa shape index (κ1) is 22.3. The highest BCUT2D eigenvalue weighted by molar-refractivity contribution is 8.00. The average molecular weight is 455 g/mol. The van der Waals surface area contributed by atoms with Gasteiger partial charge in [0.15, 0.2) is 0 Å². The summed E-state index contributed by atoms with van der Waals surface area (Å²) < 4.78 is 37.5. The SMILES string of the molecule is CC1(C)C(=O)N(c2ccc(SC(F)(F)F)cc2)C(=O)N1Cc1ccnc(NC(=O)O)n1. The van der Waals surface area contributed by atoms with E-state index in [1.54, 1.807) is 0 Å². The summed E-state index contributed by atoms with van der Waals surface area (Å²) in [6.45, 7) is 2.93. The van der Waals surface area contributed by atoms with Crippen LogP contribution in [0.3, 0.4) is 0 Å². The van der Waals surface area contributed by atoms with Gasteiger partial charge in [0.05, 0.1) is 17.9 Å². The van der Waals surface area contributed by atoms with Crippen molar-refractivity contribution in [3.05, 3.63) is 42.2 Å². The number of urea groups is 1. The number of benzene rings is 1. The lowest BCUT2D eigenvalue weighted by Gasteiger charge is -2.27. The first-order valence-electron chi connectivity index (χ1n) is 8.72. The van der Waals surface area contributed by atoms with Gasteiger partial charge in [-0.25, -0.2) is 24.5 Å². The summed E-state index contributed by atoms with van der Waals surface area (Å²) in [5, 5.41) is 10.8. The maximum absolute atomic E-state index is 13.0. The molecule has 4 amide bonds. The molecule has 1 aromatic carbocycles. The maximum atomic E-state index is 13.0. The van der Waals surface area contributed by atoms with E-state index < -0.39 is 29.1 Å². The van der Waals surface area contributed by atoms with E-state index in [-0.39, 0.29) is 40.5 Å². The number of amides is 4. The Morgan fingerprint density at radius 3 is 2.42 bits per heavy atom. The Morgan fingerprint density at radius 2 is 1.84 bits per heavy atom. The molecule has 2 N–H and O–H groups in total. The van der Waals surface area contributed by atoms with Gasteiger partial charge in [-0.1, -0.05) is 0 Å². The number of alkyl halides is 3. The highest BCUT2D eigenvalue weighted by atomic mass is 32.2. The fourth-order valence-electron chi connectivity index (χ4n) is 2.93. The van der Waals surface area contributed by atoms with Crippen molar-refractivity contribution in [1.29, 1.82) is 0 Å². The molecule has 1 aromatic heterocycles. The molecule has 1 fully saturated rings. The quantitative estimate of drug-likeness (QED) is 0.518. The van der Waals surface area contributed by atoms with Gasteiger partial charge in [-0.15, -0.1) is 0 Å². The predicted molar refractivity (Wildman–Crippen MR) is 105 cm³/mol. The second kappa shape index (κ2) is 8.06. The molecular formula is C18H16F3N5O4S. The van der Waals surface area contributed by atoms with Gasteiger partial charge in [0.25, 0.3) is 5.91 Å². The number of rotatable bonds is 5. The number of hydrogen-bond acceptors (Lipinski definition) is 6. The Kier molecular flexibility index (Phi) is 5.81. The number of aromatic nitrogens is 2. The van der Waals surface area contributed by atoms with Crippen molar-refractivity contribution in [3.63, 3.8) is 0 Å². The highest BCUT2D eigenvalue weighted by Gasteiger charge is 2.51. The minimum Gasteiger partial charge on any atom is -0.465 e. The molecule has 0 unspecified atom stereocenters. The first-order chi connectivity index (χ1) is 14.4. The smallest absolute Gasteiger partial charge is 0.446 e. The third-order valence-electron chi connectivity index (χ3n) is 4.40. The standard InChI is InChI=1S/C18H16F3N5O4S/c1-17(2)13(27)26(11-3-5-12(6-4-11)31-18(19,20)21)16(30)25(17)9-10-7-8-22-14(23-10)24-15(28)29/h3-8H,9H2,1-2H3,(H,28,29)(H,22,23,24). The fraction of sp³-hybridized carbons (Fsp3) is 0.278. The van der Waals surface area contributed by atoms with Gasteiger partial charge in [-0.2, -0.15) is 13.2 Å². The molecule has 9 nitrogen and oxygen atoms in total. The van der Waals surface area contributed by atoms with E-state index in [4.69, 9.17) is 5.11 Å². The topological polar surface area (TPSA) is 116 Å². The van der Waals surface area contributed by atoms with E-state index in [1.165, 1.54) is 55.3 Å². The molecule has 1 aliphatic heterocycles. The number of nitrogens with zero attached hydrogens (tertiary/aromatic N) is 4. The van der Waals surface area contributed by atoms with Crippen molar-refractivity contribution in [2.24, 2.45) is 0 Å². The summed E-state index contributed by atoms with van der Waals surface area (Å²) in [4.78, 5) is 46.5. The molecule has 1 saturated heterocycles. The number of anilines is 2. The Balaban J connectivity index is 1.84. The minimum absolute atomic E-state index is 0.0779. The summed E-state index contributed by atoms with van der Waals surface area (Å²) in [7, 11) is 0. The number of carbonyl (C=O) groups excluding carboxylic acids is 2. The number of carbonyl (C=O) groups is 3. The maximum Gasteiger partial charge on any atom is 0.446 e. The zero-order valence-electron chi connectivity index (χ0n) is 16.2. The molecule has 0 saturated carbocycles. The summed E-state index contributed by atoms with van der Waals surface area (Å²) in [6.07, 6.45) is -0.0548. The van der Waals surface area contributed by atoms with Crippen LogP contribution >= 0.6 is 11.8 Å². The third kappa shape index (κ3) is 4.87. The lowest BCUT2D eigenvalue weighted by Crippen LogP contribution is -2.43. The zero-order valence-corrected chi connectivity index (χ0v) is 17.0. The van der Waals surface area contributed by atoms with Crippen LogP contribution in [0.1, 0.15) is 19.5 Å². The molecule has 31 heavy (non-hydrogen) atoms. The Bertz CT molecular complexity index is 1030. The van der Waals surface area contributed by atoms with Gasteiger partial charge in [0, 0.05) is 11.1 Å². The van der Waals surface area contributed by atoms with Crippen LogP contribution in [0.5, 0.6) is 0 Å². The van der Waals surface area contributed by atoms with Crippen LogP contribution in [0, 0.1) is 0 Å². The van der Waals surface area contributed by atoms with Gasteiger partial charge in [0.2, 0.25) is 5.95 Å². The van der Waals surface area contributed by atoms with Crippen molar-refractivity contribution >= 4 is 41.4 Å².